The Morgan fingerprint density at radius 3 is 2.77 bits per heavy atom. The van der Waals surface area contributed by atoms with Gasteiger partial charge < -0.3 is 14.5 Å². The molecule has 2 aromatic heterocycles. The highest BCUT2D eigenvalue weighted by Gasteiger charge is 2.21. The van der Waals surface area contributed by atoms with Gasteiger partial charge in [0, 0.05) is 24.2 Å². The molecule has 31 heavy (non-hydrogen) atoms. The maximum Gasteiger partial charge on any atom is 0.230 e. The van der Waals surface area contributed by atoms with Crippen LogP contribution in [0, 0.1) is 0 Å². The number of benzene rings is 2. The number of amides is 1. The maximum atomic E-state index is 12.4. The first kappa shape index (κ1) is 19.8. The summed E-state index contributed by atoms with van der Waals surface area (Å²) in [6.07, 6.45) is 2.18. The fraction of sp³-hybridized carbons (Fsp3) is 0.261. The van der Waals surface area contributed by atoms with E-state index < -0.39 is 0 Å². The second kappa shape index (κ2) is 8.95. The van der Waals surface area contributed by atoms with Crippen molar-refractivity contribution in [2.24, 2.45) is 0 Å². The molecule has 1 atom stereocenters. The zero-order chi connectivity index (χ0) is 21.0. The quantitative estimate of drug-likeness (QED) is 0.442. The lowest BCUT2D eigenvalue weighted by Gasteiger charge is -2.11. The fourth-order valence-corrected chi connectivity index (χ4v) is 4.42. The molecule has 0 aliphatic carbocycles. The van der Waals surface area contributed by atoms with Crippen molar-refractivity contribution in [3.8, 4) is 17.3 Å². The summed E-state index contributed by atoms with van der Waals surface area (Å²) in [5, 5.41) is 13.3. The Labute approximate surface area is 183 Å². The first-order chi connectivity index (χ1) is 15.3. The molecule has 1 aliphatic rings. The van der Waals surface area contributed by atoms with E-state index in [1.807, 2.05) is 65.2 Å². The van der Waals surface area contributed by atoms with Crippen LogP contribution >= 0.6 is 11.8 Å². The summed E-state index contributed by atoms with van der Waals surface area (Å²) in [5.74, 6) is 1.43. The molecule has 1 unspecified atom stereocenters. The average molecular weight is 435 g/mol. The van der Waals surface area contributed by atoms with Crippen molar-refractivity contribution in [2.75, 3.05) is 18.9 Å². The van der Waals surface area contributed by atoms with Crippen LogP contribution in [0.4, 0.5) is 0 Å². The summed E-state index contributed by atoms with van der Waals surface area (Å²) in [5.41, 5.74) is 1.70. The highest BCUT2D eigenvalue weighted by atomic mass is 32.2. The molecule has 1 N–H and O–H groups in total. The van der Waals surface area contributed by atoms with Crippen molar-refractivity contribution >= 4 is 28.6 Å². The van der Waals surface area contributed by atoms with E-state index in [1.54, 1.807) is 0 Å². The van der Waals surface area contributed by atoms with Crippen molar-refractivity contribution in [3.63, 3.8) is 0 Å². The third-order valence-corrected chi connectivity index (χ3v) is 6.11. The molecular weight excluding hydrogens is 412 g/mol. The van der Waals surface area contributed by atoms with E-state index in [2.05, 4.69) is 15.5 Å². The lowest BCUT2D eigenvalue weighted by molar-refractivity contribution is -0.119. The number of ether oxygens (including phenoxy) is 1. The van der Waals surface area contributed by atoms with E-state index in [9.17, 15) is 4.79 Å². The van der Waals surface area contributed by atoms with Gasteiger partial charge in [-0.1, -0.05) is 48.2 Å². The van der Waals surface area contributed by atoms with Crippen LogP contribution in [0.1, 0.15) is 12.8 Å². The molecule has 3 heterocycles. The number of hydrogen-bond donors (Lipinski definition) is 1. The summed E-state index contributed by atoms with van der Waals surface area (Å²) >= 11 is 1.35. The van der Waals surface area contributed by atoms with Gasteiger partial charge in [0.2, 0.25) is 11.7 Å². The topological polar surface area (TPSA) is 82.2 Å². The van der Waals surface area contributed by atoms with Crippen molar-refractivity contribution < 1.29 is 13.9 Å². The Hall–Kier alpha value is -3.10. The third-order valence-electron chi connectivity index (χ3n) is 5.18. The average Bonchev–Trinajstić information content (AvgIpc) is 3.55. The SMILES string of the molecule is O=C(CSc1nnc(-c2cc3ccccc3o2)n1-c1ccccc1)NCC1CCCO1. The van der Waals surface area contributed by atoms with Gasteiger partial charge in [0.15, 0.2) is 10.9 Å². The van der Waals surface area contributed by atoms with Crippen LogP contribution in [-0.2, 0) is 9.53 Å². The van der Waals surface area contributed by atoms with E-state index in [-0.39, 0.29) is 17.8 Å². The van der Waals surface area contributed by atoms with Crippen LogP contribution in [0.25, 0.3) is 28.2 Å². The van der Waals surface area contributed by atoms with Crippen LogP contribution in [0.2, 0.25) is 0 Å². The predicted octanol–water partition coefficient (Wildman–Crippen LogP) is 4.07. The molecule has 4 aromatic rings. The largest absolute Gasteiger partial charge is 0.453 e. The Kier molecular flexibility index (Phi) is 5.73. The maximum absolute atomic E-state index is 12.4. The monoisotopic (exact) mass is 434 g/mol. The van der Waals surface area contributed by atoms with Gasteiger partial charge >= 0.3 is 0 Å². The third kappa shape index (κ3) is 4.35. The molecule has 1 aliphatic heterocycles. The van der Waals surface area contributed by atoms with Gasteiger partial charge in [-0.15, -0.1) is 10.2 Å². The molecule has 8 heteroatoms. The highest BCUT2D eigenvalue weighted by Crippen LogP contribution is 2.31. The Balaban J connectivity index is 1.39. The molecule has 7 nitrogen and oxygen atoms in total. The number of para-hydroxylation sites is 2. The van der Waals surface area contributed by atoms with E-state index in [0.29, 0.717) is 23.3 Å². The van der Waals surface area contributed by atoms with E-state index in [0.717, 1.165) is 36.1 Å². The summed E-state index contributed by atoms with van der Waals surface area (Å²) in [7, 11) is 0. The van der Waals surface area contributed by atoms with Crippen molar-refractivity contribution in [1.29, 1.82) is 0 Å². The summed E-state index contributed by atoms with van der Waals surface area (Å²) in [4.78, 5) is 12.4. The number of nitrogens with zero attached hydrogens (tertiary/aromatic N) is 3. The minimum absolute atomic E-state index is 0.0478. The second-order valence-electron chi connectivity index (χ2n) is 7.35. The van der Waals surface area contributed by atoms with Crippen LogP contribution in [0.5, 0.6) is 0 Å². The minimum Gasteiger partial charge on any atom is -0.453 e. The van der Waals surface area contributed by atoms with Crippen LogP contribution in [-0.4, -0.2) is 45.7 Å². The highest BCUT2D eigenvalue weighted by molar-refractivity contribution is 7.99. The molecule has 5 rings (SSSR count). The first-order valence-electron chi connectivity index (χ1n) is 10.3. The van der Waals surface area contributed by atoms with E-state index in [4.69, 9.17) is 9.15 Å². The summed E-state index contributed by atoms with van der Waals surface area (Å²) < 4.78 is 13.5. The number of thioether (sulfide) groups is 1. The van der Waals surface area contributed by atoms with Gasteiger partial charge in [0.1, 0.15) is 5.58 Å². The molecule has 1 saturated heterocycles. The molecule has 1 amide bonds. The lowest BCUT2D eigenvalue weighted by Crippen LogP contribution is -2.32. The first-order valence-corrected chi connectivity index (χ1v) is 11.3. The Morgan fingerprint density at radius 2 is 1.97 bits per heavy atom. The predicted molar refractivity (Wildman–Crippen MR) is 119 cm³/mol. The van der Waals surface area contributed by atoms with Crippen LogP contribution in [0.15, 0.2) is 70.2 Å². The van der Waals surface area contributed by atoms with Crippen LogP contribution < -0.4 is 5.32 Å². The van der Waals surface area contributed by atoms with Crippen molar-refractivity contribution in [2.45, 2.75) is 24.1 Å². The van der Waals surface area contributed by atoms with Gasteiger partial charge in [-0.2, -0.15) is 0 Å². The Morgan fingerprint density at radius 1 is 1.13 bits per heavy atom. The van der Waals surface area contributed by atoms with E-state index in [1.165, 1.54) is 11.8 Å². The molecule has 0 bridgehead atoms. The smallest absolute Gasteiger partial charge is 0.230 e. The molecule has 0 saturated carbocycles. The van der Waals surface area contributed by atoms with Crippen molar-refractivity contribution in [1.82, 2.24) is 20.1 Å². The fourth-order valence-electron chi connectivity index (χ4n) is 3.64. The molecule has 0 radical (unpaired) electrons. The Bertz CT molecular complexity index is 1150. The number of aromatic nitrogens is 3. The molecule has 1 fully saturated rings. The van der Waals surface area contributed by atoms with Gasteiger partial charge in [-0.05, 0) is 37.1 Å². The number of fused-ring (bicyclic) bond motifs is 1. The van der Waals surface area contributed by atoms with Gasteiger partial charge in [0.05, 0.1) is 11.9 Å². The normalized spacial score (nSPS) is 16.1. The summed E-state index contributed by atoms with van der Waals surface area (Å²) in [6, 6.07) is 19.6. The molecule has 0 spiro atoms. The number of hydrogen-bond acceptors (Lipinski definition) is 6. The van der Waals surface area contributed by atoms with E-state index >= 15 is 0 Å². The second-order valence-corrected chi connectivity index (χ2v) is 8.30. The standard InChI is InChI=1S/C23H22N4O3S/c28-21(24-14-18-10-6-12-29-18)15-31-23-26-25-22(27(23)17-8-2-1-3-9-17)20-13-16-7-4-5-11-19(16)30-20/h1-5,7-9,11,13,18H,6,10,12,14-15H2,(H,24,28). The van der Waals surface area contributed by atoms with Gasteiger partial charge in [-0.3, -0.25) is 9.36 Å². The zero-order valence-corrected chi connectivity index (χ0v) is 17.7. The number of carbonyl (C=O) groups is 1. The molecular formula is C23H22N4O3S. The zero-order valence-electron chi connectivity index (χ0n) is 16.9. The van der Waals surface area contributed by atoms with Gasteiger partial charge in [0.25, 0.3) is 0 Å². The van der Waals surface area contributed by atoms with Crippen LogP contribution in [0.3, 0.4) is 0 Å². The number of rotatable bonds is 7. The van der Waals surface area contributed by atoms with Crippen molar-refractivity contribution in [3.05, 3.63) is 60.7 Å². The number of nitrogens with one attached hydrogen (secondary N) is 1. The minimum atomic E-state index is -0.0478. The summed E-state index contributed by atoms with van der Waals surface area (Å²) in [6.45, 7) is 1.33. The molecule has 2 aromatic carbocycles. The number of carbonyl (C=O) groups excluding carboxylic acids is 1. The molecule has 158 valence electrons. The number of furan rings is 1. The van der Waals surface area contributed by atoms with Gasteiger partial charge in [-0.25, -0.2) is 0 Å². The lowest BCUT2D eigenvalue weighted by atomic mass is 10.2.